The van der Waals surface area contributed by atoms with Gasteiger partial charge >= 0.3 is 0 Å². The highest BCUT2D eigenvalue weighted by Gasteiger charge is 2.21. The monoisotopic (exact) mass is 528 g/mol. The van der Waals surface area contributed by atoms with Crippen molar-refractivity contribution in [1.29, 1.82) is 0 Å². The summed E-state index contributed by atoms with van der Waals surface area (Å²) in [6, 6.07) is 8.60. The second-order valence-electron chi connectivity index (χ2n) is 8.80. The number of carbonyl (C=O) groups excluding carboxylic acids is 2. The Labute approximate surface area is 218 Å². The fraction of sp³-hybridized carbons (Fsp3) is 0.429. The third-order valence-electron chi connectivity index (χ3n) is 6.08. The molecule has 0 atom stereocenters. The summed E-state index contributed by atoms with van der Waals surface area (Å²) >= 11 is 6.26. The van der Waals surface area contributed by atoms with Crippen molar-refractivity contribution in [2.45, 2.75) is 78.1 Å². The number of hydrogen-bond donors (Lipinski definition) is 0. The molecular formula is C28H32O2S4. The van der Waals surface area contributed by atoms with E-state index in [0.717, 1.165) is 46.6 Å². The second kappa shape index (κ2) is 12.6. The number of unbranched alkanes of at least 4 members (excludes halogenated alkanes) is 6. The van der Waals surface area contributed by atoms with Crippen LogP contribution in [0.5, 0.6) is 0 Å². The van der Waals surface area contributed by atoms with Gasteiger partial charge in [-0.25, -0.2) is 0 Å². The van der Waals surface area contributed by atoms with E-state index < -0.39 is 0 Å². The lowest BCUT2D eigenvalue weighted by atomic mass is 10.1. The van der Waals surface area contributed by atoms with Crippen molar-refractivity contribution < 1.29 is 9.59 Å². The molecule has 0 saturated carbocycles. The molecule has 2 aliphatic rings. The van der Waals surface area contributed by atoms with Gasteiger partial charge in [0.05, 0.1) is 0 Å². The SMILES string of the molecule is CCCCCCC1=C/C(=c2/cc/c(=c3/cc/c(=C4/C=C(CCCCCC)C(=O)S4)s3)s2)SC1=O. The molecule has 2 aromatic rings. The summed E-state index contributed by atoms with van der Waals surface area (Å²) in [5.41, 5.74) is 1.95. The van der Waals surface area contributed by atoms with Crippen LogP contribution in [0.2, 0.25) is 0 Å². The van der Waals surface area contributed by atoms with E-state index in [-0.39, 0.29) is 10.2 Å². The van der Waals surface area contributed by atoms with E-state index >= 15 is 0 Å². The Morgan fingerprint density at radius 1 is 0.559 bits per heavy atom. The van der Waals surface area contributed by atoms with E-state index in [2.05, 4.69) is 50.3 Å². The Morgan fingerprint density at radius 2 is 0.971 bits per heavy atom. The van der Waals surface area contributed by atoms with Crippen molar-refractivity contribution in [2.75, 3.05) is 0 Å². The lowest BCUT2D eigenvalue weighted by Crippen LogP contribution is -1.93. The van der Waals surface area contributed by atoms with Crippen LogP contribution in [0.4, 0.5) is 0 Å². The van der Waals surface area contributed by atoms with Crippen LogP contribution < -0.4 is 9.06 Å². The van der Waals surface area contributed by atoms with Crippen LogP contribution in [-0.4, -0.2) is 10.2 Å². The van der Waals surface area contributed by atoms with Crippen molar-refractivity contribution in [1.82, 2.24) is 0 Å². The van der Waals surface area contributed by atoms with Gasteiger partial charge in [0.15, 0.2) is 0 Å². The molecule has 4 rings (SSSR count). The first-order valence-electron chi connectivity index (χ1n) is 12.4. The number of thiophene rings is 2. The molecule has 0 N–H and O–H groups in total. The smallest absolute Gasteiger partial charge is 0.220 e. The van der Waals surface area contributed by atoms with E-state index in [1.165, 1.54) is 80.2 Å². The van der Waals surface area contributed by atoms with Crippen molar-refractivity contribution in [2.24, 2.45) is 0 Å². The molecule has 4 heterocycles. The summed E-state index contributed by atoms with van der Waals surface area (Å²) in [5, 5.41) is 0.438. The minimum atomic E-state index is 0.219. The summed E-state index contributed by atoms with van der Waals surface area (Å²) in [7, 11) is 0. The minimum Gasteiger partial charge on any atom is -0.282 e. The van der Waals surface area contributed by atoms with Crippen LogP contribution >= 0.6 is 46.2 Å². The number of hydrogen-bond acceptors (Lipinski definition) is 6. The molecule has 0 radical (unpaired) electrons. The predicted octanol–water partition coefficient (Wildman–Crippen LogP) is 7.65. The molecule has 6 heteroatoms. The topological polar surface area (TPSA) is 34.1 Å². The summed E-state index contributed by atoms with van der Waals surface area (Å²) in [6.07, 6.45) is 15.5. The molecule has 34 heavy (non-hydrogen) atoms. The fourth-order valence-corrected chi connectivity index (χ4v) is 8.25. The van der Waals surface area contributed by atoms with E-state index in [9.17, 15) is 9.59 Å². The van der Waals surface area contributed by atoms with Gasteiger partial charge in [0.1, 0.15) is 0 Å². The van der Waals surface area contributed by atoms with Gasteiger partial charge < -0.3 is 0 Å². The summed E-state index contributed by atoms with van der Waals surface area (Å²) in [5.74, 6) is 0. The lowest BCUT2D eigenvalue weighted by Gasteiger charge is -1.98. The van der Waals surface area contributed by atoms with Gasteiger partial charge in [0.25, 0.3) is 0 Å². The Morgan fingerprint density at radius 3 is 1.38 bits per heavy atom. The first kappa shape index (κ1) is 25.7. The number of carbonyl (C=O) groups is 2. The van der Waals surface area contributed by atoms with E-state index in [4.69, 9.17) is 0 Å². The Kier molecular flexibility index (Phi) is 9.52. The van der Waals surface area contributed by atoms with Crippen LogP contribution in [0.25, 0.3) is 9.81 Å². The van der Waals surface area contributed by atoms with Gasteiger partial charge in [0, 0.05) is 39.1 Å². The molecule has 2 aromatic heterocycles. The number of rotatable bonds is 10. The molecule has 0 amide bonds. The van der Waals surface area contributed by atoms with Gasteiger partial charge in [-0.05, 0) is 85.6 Å². The normalized spacial score (nSPS) is 20.3. The highest BCUT2D eigenvalue weighted by molar-refractivity contribution is 8.22. The number of thioether (sulfide) groups is 2. The first-order chi connectivity index (χ1) is 16.6. The van der Waals surface area contributed by atoms with E-state index in [0.29, 0.717) is 0 Å². The largest absolute Gasteiger partial charge is 0.282 e. The highest BCUT2D eigenvalue weighted by atomic mass is 32.2. The Bertz CT molecular complexity index is 1220. The Hall–Kier alpha value is -1.34. The lowest BCUT2D eigenvalue weighted by molar-refractivity contribution is -0.108. The molecule has 0 aromatic carbocycles. The molecule has 0 saturated heterocycles. The van der Waals surface area contributed by atoms with Crippen molar-refractivity contribution in [3.8, 4) is 0 Å². The fourth-order valence-electron chi connectivity index (χ4n) is 4.11. The van der Waals surface area contributed by atoms with Crippen LogP contribution in [0.3, 0.4) is 0 Å². The quantitative estimate of drug-likeness (QED) is 0.297. The zero-order chi connectivity index (χ0) is 23.9. The minimum absolute atomic E-state index is 0.219. The third-order valence-corrected chi connectivity index (χ3v) is 10.8. The van der Waals surface area contributed by atoms with Gasteiger partial charge in [-0.2, -0.15) is 0 Å². The van der Waals surface area contributed by atoms with E-state index in [1.807, 2.05) is 0 Å². The average molecular weight is 529 g/mol. The second-order valence-corrected chi connectivity index (χ2v) is 13.0. The van der Waals surface area contributed by atoms with Gasteiger partial charge in [-0.1, -0.05) is 52.4 Å². The van der Waals surface area contributed by atoms with Gasteiger partial charge in [-0.15, -0.1) is 22.7 Å². The highest BCUT2D eigenvalue weighted by Crippen LogP contribution is 2.35. The molecule has 0 bridgehead atoms. The maximum absolute atomic E-state index is 12.4. The van der Waals surface area contributed by atoms with Gasteiger partial charge in [0.2, 0.25) is 10.2 Å². The average Bonchev–Trinajstić information content (AvgIpc) is 3.61. The van der Waals surface area contributed by atoms with Crippen LogP contribution in [0.1, 0.15) is 78.1 Å². The molecule has 180 valence electrons. The van der Waals surface area contributed by atoms with Crippen LogP contribution in [0, 0.1) is 9.06 Å². The summed E-state index contributed by atoms with van der Waals surface area (Å²) in [4.78, 5) is 27.1. The predicted molar refractivity (Wildman–Crippen MR) is 151 cm³/mol. The van der Waals surface area contributed by atoms with Crippen molar-refractivity contribution in [3.05, 3.63) is 65.7 Å². The summed E-state index contributed by atoms with van der Waals surface area (Å²) < 4.78 is 4.77. The molecule has 2 aliphatic heterocycles. The van der Waals surface area contributed by atoms with Crippen LogP contribution in [-0.2, 0) is 9.59 Å². The van der Waals surface area contributed by atoms with E-state index in [1.54, 1.807) is 22.7 Å². The molecule has 0 spiro atoms. The maximum Gasteiger partial charge on any atom is 0.220 e. The molecule has 0 unspecified atom stereocenters. The Balaban J connectivity index is 1.56. The summed E-state index contributed by atoms with van der Waals surface area (Å²) in [6.45, 7) is 4.42. The zero-order valence-corrected chi connectivity index (χ0v) is 23.3. The van der Waals surface area contributed by atoms with Crippen molar-refractivity contribution >= 4 is 66.2 Å². The third kappa shape index (κ3) is 6.45. The van der Waals surface area contributed by atoms with Gasteiger partial charge in [-0.3, -0.25) is 9.59 Å². The van der Waals surface area contributed by atoms with Crippen molar-refractivity contribution in [3.63, 3.8) is 0 Å². The van der Waals surface area contributed by atoms with Crippen LogP contribution in [0.15, 0.2) is 47.6 Å². The molecule has 0 aliphatic carbocycles. The maximum atomic E-state index is 12.4. The first-order valence-corrected chi connectivity index (χ1v) is 15.7. The molecule has 2 nitrogen and oxygen atoms in total. The molecular weight excluding hydrogens is 497 g/mol. The standard InChI is InChI=1S/C28H32O2S4/c1-3-5-7-9-11-19-17-25(33-27(19)29)23-15-13-21(31-23)22-14-16-24(32-22)26-18-20(28(30)34-26)12-10-8-6-4-2/h13-18H,3-12H2,1-2H3/b22-21+,25-23+,26-24+. The molecule has 0 fully saturated rings. The zero-order valence-electron chi connectivity index (χ0n) is 20.0.